The first kappa shape index (κ1) is 18.9. The first-order valence-electron chi connectivity index (χ1n) is 9.31. The molecular weight excluding hydrogens is 348 g/mol. The van der Waals surface area contributed by atoms with E-state index >= 15 is 0 Å². The summed E-state index contributed by atoms with van der Waals surface area (Å²) >= 11 is 0. The van der Waals surface area contributed by atoms with Gasteiger partial charge in [-0.3, -0.25) is 14.6 Å². The van der Waals surface area contributed by atoms with Gasteiger partial charge in [-0.2, -0.15) is 10.2 Å². The quantitative estimate of drug-likeness (QED) is 0.719. The lowest BCUT2D eigenvalue weighted by Crippen LogP contribution is -2.33. The average Bonchev–Trinajstić information content (AvgIpc) is 3.33. The molecule has 2 heterocycles. The van der Waals surface area contributed by atoms with Gasteiger partial charge >= 0.3 is 6.09 Å². The van der Waals surface area contributed by atoms with Gasteiger partial charge in [0.2, 0.25) is 0 Å². The molecule has 1 aliphatic rings. The van der Waals surface area contributed by atoms with Crippen molar-refractivity contribution >= 4 is 17.8 Å². The normalized spacial score (nSPS) is 19.3. The van der Waals surface area contributed by atoms with Crippen LogP contribution in [0.15, 0.2) is 18.3 Å². The summed E-state index contributed by atoms with van der Waals surface area (Å²) in [5.41, 5.74) is 1.43. The van der Waals surface area contributed by atoms with E-state index in [9.17, 15) is 9.59 Å². The molecule has 2 atom stereocenters. The van der Waals surface area contributed by atoms with Crippen LogP contribution in [-0.2, 0) is 11.3 Å². The molecule has 1 aliphatic carbocycles. The minimum atomic E-state index is -0.374. The number of carbonyl (C=O) groups is 2. The van der Waals surface area contributed by atoms with Crippen molar-refractivity contribution < 1.29 is 14.3 Å². The van der Waals surface area contributed by atoms with Gasteiger partial charge in [-0.25, -0.2) is 4.79 Å². The van der Waals surface area contributed by atoms with E-state index in [0.29, 0.717) is 18.1 Å². The molecule has 0 aromatic carbocycles. The smallest absolute Gasteiger partial charge is 0.407 e. The maximum absolute atomic E-state index is 12.4. The molecule has 2 aromatic rings. The van der Waals surface area contributed by atoms with Gasteiger partial charge in [-0.05, 0) is 46.1 Å². The fraction of sp³-hybridized carbons (Fsp3) is 0.556. The second kappa shape index (κ2) is 8.24. The zero-order valence-corrected chi connectivity index (χ0v) is 15.9. The minimum Gasteiger partial charge on any atom is -0.446 e. The summed E-state index contributed by atoms with van der Waals surface area (Å²) in [5, 5.41) is 16.8. The van der Waals surface area contributed by atoms with Crippen LogP contribution < -0.4 is 10.6 Å². The maximum atomic E-state index is 12.4. The second-order valence-corrected chi connectivity index (χ2v) is 7.03. The number of hydrogen-bond acceptors (Lipinski definition) is 5. The van der Waals surface area contributed by atoms with Crippen LogP contribution in [0.25, 0.3) is 0 Å². The molecule has 27 heavy (non-hydrogen) atoms. The Balaban J connectivity index is 1.55. The predicted octanol–water partition coefficient (Wildman–Crippen LogP) is 2.65. The van der Waals surface area contributed by atoms with Crippen LogP contribution in [0.1, 0.15) is 62.1 Å². The zero-order chi connectivity index (χ0) is 19.4. The summed E-state index contributed by atoms with van der Waals surface area (Å²) in [5.74, 6) is 0.451. The lowest BCUT2D eigenvalue weighted by atomic mass is 10.0. The van der Waals surface area contributed by atoms with Crippen LogP contribution in [0, 0.1) is 0 Å². The van der Waals surface area contributed by atoms with Gasteiger partial charge in [0.05, 0.1) is 0 Å². The van der Waals surface area contributed by atoms with Gasteiger partial charge < -0.3 is 15.4 Å². The van der Waals surface area contributed by atoms with Gasteiger partial charge in [-0.15, -0.1) is 0 Å². The van der Waals surface area contributed by atoms with Crippen molar-refractivity contribution in [1.29, 1.82) is 0 Å². The number of H-pyrrole nitrogens is 1. The summed E-state index contributed by atoms with van der Waals surface area (Å²) in [6.45, 7) is 6.34. The largest absolute Gasteiger partial charge is 0.446 e. The number of carbonyl (C=O) groups excluding carboxylic acids is 2. The van der Waals surface area contributed by atoms with Crippen LogP contribution >= 0.6 is 0 Å². The summed E-state index contributed by atoms with van der Waals surface area (Å²) < 4.78 is 7.08. The Bertz CT molecular complexity index is 797. The van der Waals surface area contributed by atoms with E-state index in [1.165, 1.54) is 0 Å². The highest BCUT2D eigenvalue weighted by molar-refractivity contribution is 6.02. The average molecular weight is 374 g/mol. The molecule has 3 N–H and O–H groups in total. The number of nitrogens with zero attached hydrogens (tertiary/aromatic N) is 3. The summed E-state index contributed by atoms with van der Waals surface area (Å²) in [7, 11) is 0. The van der Waals surface area contributed by atoms with Gasteiger partial charge in [0.25, 0.3) is 5.91 Å². The Morgan fingerprint density at radius 1 is 1.41 bits per heavy atom. The highest BCUT2D eigenvalue weighted by atomic mass is 16.6. The van der Waals surface area contributed by atoms with E-state index in [-0.39, 0.29) is 30.1 Å². The molecule has 2 aromatic heterocycles. The van der Waals surface area contributed by atoms with Gasteiger partial charge in [-0.1, -0.05) is 0 Å². The molecule has 1 unspecified atom stereocenters. The number of aromatic nitrogens is 4. The molecular formula is C18H26N6O3. The minimum absolute atomic E-state index is 0.0532. The molecule has 0 bridgehead atoms. The van der Waals surface area contributed by atoms with Crippen LogP contribution in [0.4, 0.5) is 10.6 Å². The predicted molar refractivity (Wildman–Crippen MR) is 99.6 cm³/mol. The molecule has 0 spiro atoms. The lowest BCUT2D eigenvalue weighted by molar-refractivity contribution is 0.0979. The fourth-order valence-electron chi connectivity index (χ4n) is 3.32. The summed E-state index contributed by atoms with van der Waals surface area (Å²) in [6, 6.07) is 3.57. The Labute approximate surface area is 157 Å². The molecule has 0 aliphatic heterocycles. The lowest BCUT2D eigenvalue weighted by Gasteiger charge is -2.14. The maximum Gasteiger partial charge on any atom is 0.407 e. The molecule has 0 saturated heterocycles. The first-order chi connectivity index (χ1) is 13.0. The Hall–Kier alpha value is -2.84. The van der Waals surface area contributed by atoms with Crippen molar-refractivity contribution in [3.05, 3.63) is 29.7 Å². The van der Waals surface area contributed by atoms with Crippen molar-refractivity contribution in [3.63, 3.8) is 0 Å². The third-order valence-electron chi connectivity index (χ3n) is 4.59. The number of aromatic amines is 1. The number of alkyl carbamates (subject to hydrolysis) is 1. The standard InChI is InChI=1S/C18H26N6O3/c1-4-24-15(7-8-19-24)17(25)21-16-10-14(22-23-16)12-5-6-13(9-12)27-18(26)20-11(2)3/h7-8,10-13H,4-6,9H2,1-3H3,(H,20,26)(H2,21,22,23,25)/t12?,13-/m0/s1. The van der Waals surface area contributed by atoms with Crippen molar-refractivity contribution in [2.24, 2.45) is 0 Å². The van der Waals surface area contributed by atoms with E-state index in [4.69, 9.17) is 4.74 Å². The van der Waals surface area contributed by atoms with Crippen molar-refractivity contribution in [1.82, 2.24) is 25.3 Å². The van der Waals surface area contributed by atoms with Crippen molar-refractivity contribution in [2.75, 3.05) is 5.32 Å². The van der Waals surface area contributed by atoms with E-state index < -0.39 is 0 Å². The highest BCUT2D eigenvalue weighted by Gasteiger charge is 2.30. The second-order valence-electron chi connectivity index (χ2n) is 7.03. The molecule has 146 valence electrons. The molecule has 2 amide bonds. The number of aryl methyl sites for hydroxylation is 1. The topological polar surface area (TPSA) is 114 Å². The number of ether oxygens (including phenoxy) is 1. The van der Waals surface area contributed by atoms with Crippen LogP contribution in [0.2, 0.25) is 0 Å². The Kier molecular flexibility index (Phi) is 5.78. The molecule has 1 fully saturated rings. The third-order valence-corrected chi connectivity index (χ3v) is 4.59. The van der Waals surface area contributed by atoms with Gasteiger partial charge in [0.15, 0.2) is 5.82 Å². The molecule has 9 heteroatoms. The van der Waals surface area contributed by atoms with E-state index in [0.717, 1.165) is 25.0 Å². The number of anilines is 1. The van der Waals surface area contributed by atoms with Crippen LogP contribution in [-0.4, -0.2) is 44.1 Å². The number of rotatable bonds is 6. The molecule has 3 rings (SSSR count). The van der Waals surface area contributed by atoms with Gasteiger partial charge in [0.1, 0.15) is 11.8 Å². The summed E-state index contributed by atoms with van der Waals surface area (Å²) in [4.78, 5) is 24.1. The Morgan fingerprint density at radius 2 is 2.22 bits per heavy atom. The fourth-order valence-corrected chi connectivity index (χ4v) is 3.32. The van der Waals surface area contributed by atoms with Crippen molar-refractivity contribution in [3.8, 4) is 0 Å². The highest BCUT2D eigenvalue weighted by Crippen LogP contribution is 2.35. The first-order valence-corrected chi connectivity index (χ1v) is 9.31. The third kappa shape index (κ3) is 4.66. The van der Waals surface area contributed by atoms with Gasteiger partial charge in [0, 0.05) is 36.5 Å². The van der Waals surface area contributed by atoms with Crippen LogP contribution in [0.5, 0.6) is 0 Å². The summed E-state index contributed by atoms with van der Waals surface area (Å²) in [6.07, 6.45) is 3.58. The monoisotopic (exact) mass is 374 g/mol. The van der Waals surface area contributed by atoms with Crippen molar-refractivity contribution in [2.45, 2.75) is 64.6 Å². The van der Waals surface area contributed by atoms with Crippen LogP contribution in [0.3, 0.4) is 0 Å². The number of nitrogens with one attached hydrogen (secondary N) is 3. The zero-order valence-electron chi connectivity index (χ0n) is 15.9. The number of amides is 2. The van der Waals surface area contributed by atoms with E-state index in [2.05, 4.69) is 25.9 Å². The number of hydrogen-bond donors (Lipinski definition) is 3. The Morgan fingerprint density at radius 3 is 2.96 bits per heavy atom. The molecule has 0 radical (unpaired) electrons. The molecule has 9 nitrogen and oxygen atoms in total. The SMILES string of the molecule is CCn1nccc1C(=O)Nc1cc(C2CC[C@H](OC(=O)NC(C)C)C2)[nH]n1. The van der Waals surface area contributed by atoms with E-state index in [1.807, 2.05) is 26.8 Å². The molecule has 1 saturated carbocycles. The van der Waals surface area contributed by atoms with E-state index in [1.54, 1.807) is 16.9 Å².